The third-order valence-corrected chi connectivity index (χ3v) is 7.31. The Morgan fingerprint density at radius 2 is 2.00 bits per heavy atom. The first kappa shape index (κ1) is 12.6. The van der Waals surface area contributed by atoms with Gasteiger partial charge < -0.3 is 5.32 Å². The van der Waals surface area contributed by atoms with Gasteiger partial charge in [0.1, 0.15) is 0 Å². The van der Waals surface area contributed by atoms with Crippen molar-refractivity contribution in [3.05, 3.63) is 0 Å². The summed E-state index contributed by atoms with van der Waals surface area (Å²) < 4.78 is 0. The van der Waals surface area contributed by atoms with Crippen LogP contribution in [0.15, 0.2) is 4.99 Å². The Kier molecular flexibility index (Phi) is 3.29. The van der Waals surface area contributed by atoms with Crippen molar-refractivity contribution in [1.82, 2.24) is 5.32 Å². The monoisotopic (exact) mass is 278 g/mol. The van der Waals surface area contributed by atoms with Crippen LogP contribution in [0, 0.1) is 17.3 Å². The molecule has 3 fully saturated rings. The van der Waals surface area contributed by atoms with Gasteiger partial charge in [-0.2, -0.15) is 0 Å². The fourth-order valence-electron chi connectivity index (χ4n) is 4.82. The van der Waals surface area contributed by atoms with Gasteiger partial charge in [-0.1, -0.05) is 37.4 Å². The number of nitrogens with zero attached hydrogens (tertiary/aromatic N) is 1. The third kappa shape index (κ3) is 2.43. The van der Waals surface area contributed by atoms with Crippen LogP contribution >= 0.6 is 11.8 Å². The zero-order chi connectivity index (χ0) is 12.7. The van der Waals surface area contributed by atoms with Crippen LogP contribution in [-0.2, 0) is 0 Å². The van der Waals surface area contributed by atoms with Gasteiger partial charge in [0.15, 0.2) is 5.17 Å². The maximum Gasteiger partial charge on any atom is 0.156 e. The molecule has 1 aliphatic heterocycles. The topological polar surface area (TPSA) is 24.4 Å². The van der Waals surface area contributed by atoms with Crippen molar-refractivity contribution in [2.45, 2.75) is 63.8 Å². The Morgan fingerprint density at radius 1 is 1.11 bits per heavy atom. The molecule has 3 atom stereocenters. The molecule has 2 nitrogen and oxygen atoms in total. The van der Waals surface area contributed by atoms with Crippen molar-refractivity contribution in [1.29, 1.82) is 0 Å². The molecule has 106 valence electrons. The predicted octanol–water partition coefficient (Wildman–Crippen LogP) is 3.82. The van der Waals surface area contributed by atoms with Crippen molar-refractivity contribution in [3.63, 3.8) is 0 Å². The van der Waals surface area contributed by atoms with Crippen LogP contribution in [0.5, 0.6) is 0 Å². The Balaban J connectivity index is 1.36. The molecular formula is C16H26N2S. The molecule has 0 aromatic rings. The van der Waals surface area contributed by atoms with E-state index in [2.05, 4.69) is 5.32 Å². The van der Waals surface area contributed by atoms with E-state index in [-0.39, 0.29) is 0 Å². The van der Waals surface area contributed by atoms with E-state index in [0.717, 1.165) is 24.4 Å². The lowest BCUT2D eigenvalue weighted by Gasteiger charge is -2.39. The normalized spacial score (nSPS) is 40.4. The van der Waals surface area contributed by atoms with Gasteiger partial charge in [-0.3, -0.25) is 4.99 Å². The van der Waals surface area contributed by atoms with Crippen molar-refractivity contribution in [3.8, 4) is 0 Å². The molecule has 3 heteroatoms. The quantitative estimate of drug-likeness (QED) is 0.788. The Morgan fingerprint density at radius 3 is 2.63 bits per heavy atom. The lowest BCUT2D eigenvalue weighted by Crippen LogP contribution is -2.42. The highest BCUT2D eigenvalue weighted by atomic mass is 32.2. The number of hydrogen-bond donors (Lipinski definition) is 1. The average Bonchev–Trinajstić information content (AvgIpc) is 3.05. The summed E-state index contributed by atoms with van der Waals surface area (Å²) in [6, 6.07) is 0.755. The van der Waals surface area contributed by atoms with E-state index in [1.54, 1.807) is 0 Å². The molecule has 1 spiro atoms. The largest absolute Gasteiger partial charge is 0.362 e. The van der Waals surface area contributed by atoms with Crippen LogP contribution in [0.4, 0.5) is 0 Å². The molecule has 0 aromatic heterocycles. The fourth-order valence-corrected chi connectivity index (χ4v) is 6.04. The lowest BCUT2D eigenvalue weighted by molar-refractivity contribution is 0.232. The van der Waals surface area contributed by atoms with Crippen LogP contribution in [-0.4, -0.2) is 23.5 Å². The summed E-state index contributed by atoms with van der Waals surface area (Å²) in [4.78, 5) is 4.92. The van der Waals surface area contributed by atoms with E-state index < -0.39 is 0 Å². The van der Waals surface area contributed by atoms with Gasteiger partial charge in [-0.15, -0.1) is 0 Å². The molecule has 19 heavy (non-hydrogen) atoms. The van der Waals surface area contributed by atoms with Crippen molar-refractivity contribution in [2.24, 2.45) is 22.2 Å². The highest BCUT2D eigenvalue weighted by Gasteiger charge is 2.41. The lowest BCUT2D eigenvalue weighted by atomic mass is 9.75. The van der Waals surface area contributed by atoms with Crippen molar-refractivity contribution >= 4 is 16.9 Å². The Bertz CT molecular complexity index is 373. The van der Waals surface area contributed by atoms with E-state index in [4.69, 9.17) is 4.99 Å². The summed E-state index contributed by atoms with van der Waals surface area (Å²) in [5.74, 6) is 3.31. The molecule has 1 N–H and O–H groups in total. The first-order valence-corrected chi connectivity index (χ1v) is 9.25. The van der Waals surface area contributed by atoms with E-state index in [0.29, 0.717) is 5.41 Å². The SMILES string of the molecule is C1CCC2(CC1)CN=C(NC1CC3CCC1C3)SC2. The number of fused-ring (bicyclic) bond motifs is 2. The van der Waals surface area contributed by atoms with E-state index in [1.807, 2.05) is 11.8 Å². The second-order valence-electron chi connectivity index (χ2n) is 7.40. The highest BCUT2D eigenvalue weighted by Crippen LogP contribution is 2.45. The van der Waals surface area contributed by atoms with Crippen LogP contribution < -0.4 is 5.32 Å². The number of nitrogens with one attached hydrogen (secondary N) is 1. The standard InChI is InChI=1S/C16H26N2S/c1-2-6-16(7-3-1)10-17-15(19-11-16)18-14-9-12-4-5-13(14)8-12/h12-14H,1-11H2,(H,17,18). The van der Waals surface area contributed by atoms with Gasteiger partial charge >= 0.3 is 0 Å². The first-order valence-electron chi connectivity index (χ1n) is 8.27. The van der Waals surface area contributed by atoms with Gasteiger partial charge in [-0.05, 0) is 49.4 Å². The molecule has 3 unspecified atom stereocenters. The minimum Gasteiger partial charge on any atom is -0.362 e. The molecule has 0 saturated heterocycles. The van der Waals surface area contributed by atoms with Crippen LogP contribution in [0.25, 0.3) is 0 Å². The number of hydrogen-bond acceptors (Lipinski definition) is 3. The van der Waals surface area contributed by atoms with E-state index >= 15 is 0 Å². The molecule has 1 heterocycles. The fraction of sp³-hybridized carbons (Fsp3) is 0.938. The molecule has 3 saturated carbocycles. The minimum absolute atomic E-state index is 0.572. The molecule has 3 aliphatic carbocycles. The number of amidine groups is 1. The zero-order valence-corrected chi connectivity index (χ0v) is 12.7. The molecule has 0 amide bonds. The molecule has 4 aliphatic rings. The van der Waals surface area contributed by atoms with Crippen molar-refractivity contribution in [2.75, 3.05) is 12.3 Å². The number of aliphatic imine (C=N–C) groups is 1. The van der Waals surface area contributed by atoms with Gasteiger partial charge in [0.25, 0.3) is 0 Å². The minimum atomic E-state index is 0.572. The smallest absolute Gasteiger partial charge is 0.156 e. The van der Waals surface area contributed by atoms with Gasteiger partial charge in [-0.25, -0.2) is 0 Å². The van der Waals surface area contributed by atoms with Gasteiger partial charge in [0, 0.05) is 18.3 Å². The molecule has 0 radical (unpaired) electrons. The second kappa shape index (κ2) is 4.98. The molecule has 2 bridgehead atoms. The summed E-state index contributed by atoms with van der Waals surface area (Å²) in [5.41, 5.74) is 0.572. The summed E-state index contributed by atoms with van der Waals surface area (Å²) in [5, 5.41) is 5.06. The first-order chi connectivity index (χ1) is 9.33. The molecule has 0 aromatic carbocycles. The molecule has 4 rings (SSSR count). The number of rotatable bonds is 1. The maximum atomic E-state index is 4.92. The third-order valence-electron chi connectivity index (χ3n) is 6.03. The summed E-state index contributed by atoms with van der Waals surface area (Å²) in [6.07, 6.45) is 13.0. The second-order valence-corrected chi connectivity index (χ2v) is 8.36. The van der Waals surface area contributed by atoms with Gasteiger partial charge in [0.2, 0.25) is 0 Å². The Hall–Kier alpha value is -0.180. The Labute approximate surface area is 121 Å². The van der Waals surface area contributed by atoms with Crippen LogP contribution in [0.3, 0.4) is 0 Å². The van der Waals surface area contributed by atoms with Crippen LogP contribution in [0.1, 0.15) is 57.8 Å². The predicted molar refractivity (Wildman–Crippen MR) is 82.6 cm³/mol. The highest BCUT2D eigenvalue weighted by molar-refractivity contribution is 8.13. The summed E-state index contributed by atoms with van der Waals surface area (Å²) >= 11 is 2.02. The average molecular weight is 278 g/mol. The van der Waals surface area contributed by atoms with Crippen molar-refractivity contribution < 1.29 is 0 Å². The summed E-state index contributed by atoms with van der Waals surface area (Å²) in [6.45, 7) is 1.10. The molecular weight excluding hydrogens is 252 g/mol. The van der Waals surface area contributed by atoms with E-state index in [1.165, 1.54) is 68.7 Å². The number of thioether (sulfide) groups is 1. The van der Waals surface area contributed by atoms with E-state index in [9.17, 15) is 0 Å². The summed E-state index contributed by atoms with van der Waals surface area (Å²) in [7, 11) is 0. The zero-order valence-electron chi connectivity index (χ0n) is 11.9. The van der Waals surface area contributed by atoms with Crippen LogP contribution in [0.2, 0.25) is 0 Å². The van der Waals surface area contributed by atoms with Gasteiger partial charge in [0.05, 0.1) is 0 Å². The maximum absolute atomic E-state index is 4.92.